The summed E-state index contributed by atoms with van der Waals surface area (Å²) < 4.78 is 4.71. The minimum Gasteiger partial charge on any atom is -0.432 e. The lowest BCUT2D eigenvalue weighted by molar-refractivity contribution is -0.133. The lowest BCUT2D eigenvalue weighted by Gasteiger charge is -2.11. The number of rotatable bonds is 8. The molecule has 0 bridgehead atoms. The van der Waals surface area contributed by atoms with Crippen molar-refractivity contribution in [1.29, 1.82) is 0 Å². The Balaban J connectivity index is 4.09. The molecule has 0 aromatic rings. The average Bonchev–Trinajstić information content (AvgIpc) is 2.29. The molecule has 0 N–H and O–H groups in total. The molecule has 2 heteroatoms. The van der Waals surface area contributed by atoms with Crippen molar-refractivity contribution in [2.24, 2.45) is 5.92 Å². The fourth-order valence-corrected chi connectivity index (χ4v) is 1.58. The van der Waals surface area contributed by atoms with Crippen LogP contribution in [0.2, 0.25) is 0 Å². The number of carbonyl (C=O) groups excluding carboxylic acids is 1. The van der Waals surface area contributed by atoms with E-state index in [0.717, 1.165) is 6.42 Å². The zero-order valence-corrected chi connectivity index (χ0v) is 10.8. The molecule has 1 unspecified atom stereocenters. The molecule has 0 amide bonds. The van der Waals surface area contributed by atoms with Crippen LogP contribution < -0.4 is 0 Å². The maximum Gasteiger partial charge on any atom is 0.338 e. The Labute approximate surface area is 99.4 Å². The Hall–Kier alpha value is -1.05. The van der Waals surface area contributed by atoms with Gasteiger partial charge in [0.15, 0.2) is 0 Å². The van der Waals surface area contributed by atoms with Crippen molar-refractivity contribution < 1.29 is 9.53 Å². The van der Waals surface area contributed by atoms with E-state index in [9.17, 15) is 4.79 Å². The Morgan fingerprint density at radius 3 is 2.62 bits per heavy atom. The van der Waals surface area contributed by atoms with E-state index in [1.807, 2.05) is 6.08 Å². The van der Waals surface area contributed by atoms with E-state index in [-0.39, 0.29) is 5.97 Å². The summed E-state index contributed by atoms with van der Waals surface area (Å²) in [6, 6.07) is 0. The molecule has 0 fully saturated rings. The first-order valence-electron chi connectivity index (χ1n) is 6.14. The van der Waals surface area contributed by atoms with E-state index in [1.54, 1.807) is 6.92 Å². The van der Waals surface area contributed by atoms with Crippen molar-refractivity contribution in [2.45, 2.75) is 52.9 Å². The molecule has 0 aliphatic heterocycles. The van der Waals surface area contributed by atoms with Gasteiger partial charge in [-0.05, 0) is 19.3 Å². The molecule has 0 aliphatic rings. The van der Waals surface area contributed by atoms with Crippen LogP contribution in [0.5, 0.6) is 0 Å². The molecule has 92 valence electrons. The maximum absolute atomic E-state index is 11.3. The first-order valence-corrected chi connectivity index (χ1v) is 6.14. The number of hydrogen-bond acceptors (Lipinski definition) is 2. The van der Waals surface area contributed by atoms with Gasteiger partial charge in [-0.1, -0.05) is 52.2 Å². The van der Waals surface area contributed by atoms with Gasteiger partial charge in [-0.15, -0.1) is 0 Å². The van der Waals surface area contributed by atoms with Gasteiger partial charge in [0.05, 0.1) is 6.26 Å². The first-order chi connectivity index (χ1) is 7.65. The Morgan fingerprint density at radius 2 is 2.12 bits per heavy atom. The summed E-state index contributed by atoms with van der Waals surface area (Å²) >= 11 is 0. The van der Waals surface area contributed by atoms with E-state index in [2.05, 4.69) is 20.4 Å². The Morgan fingerprint density at radius 1 is 1.44 bits per heavy atom. The Kier molecular flexibility index (Phi) is 8.59. The van der Waals surface area contributed by atoms with Crippen molar-refractivity contribution in [2.75, 3.05) is 0 Å². The molecule has 0 aromatic heterocycles. The third-order valence-corrected chi connectivity index (χ3v) is 2.81. The predicted molar refractivity (Wildman–Crippen MR) is 68.0 cm³/mol. The highest BCUT2D eigenvalue weighted by molar-refractivity contribution is 5.88. The summed E-state index contributed by atoms with van der Waals surface area (Å²) in [7, 11) is 0. The van der Waals surface area contributed by atoms with Crippen LogP contribution >= 0.6 is 0 Å². The molecular formula is C14H24O2. The van der Waals surface area contributed by atoms with E-state index in [1.165, 1.54) is 31.9 Å². The lowest BCUT2D eigenvalue weighted by atomic mass is 9.95. The summed E-state index contributed by atoms with van der Waals surface area (Å²) in [6.45, 7) is 9.56. The summed E-state index contributed by atoms with van der Waals surface area (Å²) in [5, 5.41) is 0. The highest BCUT2D eigenvalue weighted by atomic mass is 16.5. The largest absolute Gasteiger partial charge is 0.432 e. The van der Waals surface area contributed by atoms with Crippen LogP contribution in [-0.2, 0) is 9.53 Å². The van der Waals surface area contributed by atoms with Gasteiger partial charge in [-0.2, -0.15) is 0 Å². The molecule has 0 heterocycles. The fourth-order valence-electron chi connectivity index (χ4n) is 1.58. The summed E-state index contributed by atoms with van der Waals surface area (Å²) in [4.78, 5) is 11.3. The molecule has 0 saturated heterocycles. The van der Waals surface area contributed by atoms with Gasteiger partial charge in [-0.25, -0.2) is 4.79 Å². The summed E-state index contributed by atoms with van der Waals surface area (Å²) in [6.07, 6.45) is 9.03. The van der Waals surface area contributed by atoms with E-state index >= 15 is 0 Å². The van der Waals surface area contributed by atoms with Crippen LogP contribution in [0.1, 0.15) is 52.9 Å². The van der Waals surface area contributed by atoms with Crippen LogP contribution in [0.15, 0.2) is 24.5 Å². The van der Waals surface area contributed by atoms with Crippen molar-refractivity contribution in [3.8, 4) is 0 Å². The molecule has 16 heavy (non-hydrogen) atoms. The monoisotopic (exact) mass is 224 g/mol. The van der Waals surface area contributed by atoms with Gasteiger partial charge in [0.2, 0.25) is 0 Å². The predicted octanol–water partition coefficient (Wildman–Crippen LogP) is 4.23. The second-order valence-corrected chi connectivity index (χ2v) is 4.11. The molecule has 0 aliphatic carbocycles. The van der Waals surface area contributed by atoms with Crippen LogP contribution in [0, 0.1) is 5.92 Å². The second kappa shape index (κ2) is 9.20. The minimum atomic E-state index is -0.291. The van der Waals surface area contributed by atoms with E-state index in [0.29, 0.717) is 11.5 Å². The SMILES string of the molecule is C=COC(=O)/C(C)=C/CC(CC)CCCC. The molecule has 0 spiro atoms. The quantitative estimate of drug-likeness (QED) is 0.350. The van der Waals surface area contributed by atoms with Gasteiger partial charge in [0.25, 0.3) is 0 Å². The van der Waals surface area contributed by atoms with Gasteiger partial charge >= 0.3 is 5.97 Å². The smallest absolute Gasteiger partial charge is 0.338 e. The third kappa shape index (κ3) is 6.44. The van der Waals surface area contributed by atoms with Crippen LogP contribution in [0.3, 0.4) is 0 Å². The molecule has 0 saturated carbocycles. The second-order valence-electron chi connectivity index (χ2n) is 4.11. The van der Waals surface area contributed by atoms with Crippen LogP contribution in [0.25, 0.3) is 0 Å². The molecular weight excluding hydrogens is 200 g/mol. The number of ether oxygens (including phenoxy) is 1. The fraction of sp³-hybridized carbons (Fsp3) is 0.643. The molecule has 1 atom stereocenters. The van der Waals surface area contributed by atoms with Crippen molar-refractivity contribution in [3.63, 3.8) is 0 Å². The number of allylic oxidation sites excluding steroid dienone is 1. The summed E-state index contributed by atoms with van der Waals surface area (Å²) in [5.74, 6) is 0.395. The molecule has 0 aromatic carbocycles. The molecule has 0 radical (unpaired) electrons. The average molecular weight is 224 g/mol. The maximum atomic E-state index is 11.3. The van der Waals surface area contributed by atoms with Gasteiger partial charge in [0, 0.05) is 5.57 Å². The van der Waals surface area contributed by atoms with E-state index in [4.69, 9.17) is 4.74 Å². The number of hydrogen-bond donors (Lipinski definition) is 0. The lowest BCUT2D eigenvalue weighted by Crippen LogP contribution is -2.03. The summed E-state index contributed by atoms with van der Waals surface area (Å²) in [5.41, 5.74) is 0.676. The normalized spacial score (nSPS) is 13.3. The van der Waals surface area contributed by atoms with Gasteiger partial charge in [-0.3, -0.25) is 0 Å². The highest BCUT2D eigenvalue weighted by Gasteiger charge is 2.07. The zero-order chi connectivity index (χ0) is 12.4. The molecule has 0 rings (SSSR count). The Bertz CT molecular complexity index is 241. The van der Waals surface area contributed by atoms with Gasteiger partial charge in [0.1, 0.15) is 0 Å². The van der Waals surface area contributed by atoms with Crippen molar-refractivity contribution in [1.82, 2.24) is 0 Å². The number of carbonyl (C=O) groups is 1. The minimum absolute atomic E-state index is 0.291. The van der Waals surface area contributed by atoms with Gasteiger partial charge < -0.3 is 4.74 Å². The van der Waals surface area contributed by atoms with Crippen molar-refractivity contribution >= 4 is 5.97 Å². The number of unbranched alkanes of at least 4 members (excludes halogenated alkanes) is 1. The standard InChI is InChI=1S/C14H24O2/c1-5-8-9-13(6-2)11-10-12(4)14(15)16-7-3/h7,10,13H,3,5-6,8-9,11H2,1-2,4H3/b12-10+. The van der Waals surface area contributed by atoms with E-state index < -0.39 is 0 Å². The van der Waals surface area contributed by atoms with Crippen LogP contribution in [0.4, 0.5) is 0 Å². The first kappa shape index (κ1) is 14.9. The number of esters is 1. The highest BCUT2D eigenvalue weighted by Crippen LogP contribution is 2.18. The van der Waals surface area contributed by atoms with Crippen molar-refractivity contribution in [3.05, 3.63) is 24.5 Å². The zero-order valence-electron chi connectivity index (χ0n) is 10.8. The third-order valence-electron chi connectivity index (χ3n) is 2.81. The van der Waals surface area contributed by atoms with Crippen LogP contribution in [-0.4, -0.2) is 5.97 Å². The molecule has 2 nitrogen and oxygen atoms in total. The topological polar surface area (TPSA) is 26.3 Å².